The first-order chi connectivity index (χ1) is 20.4. The first kappa shape index (κ1) is 31.0. The van der Waals surface area contributed by atoms with E-state index in [1.807, 2.05) is 0 Å². The molecule has 0 unspecified atom stereocenters. The lowest BCUT2D eigenvalue weighted by atomic mass is 9.97. The van der Waals surface area contributed by atoms with Crippen LogP contribution in [0.4, 0.5) is 0 Å². The van der Waals surface area contributed by atoms with Gasteiger partial charge in [-0.1, -0.05) is 0 Å². The fourth-order valence-corrected chi connectivity index (χ4v) is 5.12. The molecule has 0 radical (unpaired) electrons. The summed E-state index contributed by atoms with van der Waals surface area (Å²) >= 11 is 0. The van der Waals surface area contributed by atoms with Gasteiger partial charge in [-0.05, 0) is 13.0 Å². The fourth-order valence-electron chi connectivity index (χ4n) is 5.12. The molecule has 0 spiro atoms. The van der Waals surface area contributed by atoms with Gasteiger partial charge in [-0.2, -0.15) is 0 Å². The SMILES string of the molecule is COc1cc2c(=O)c3c(O)c(OC)c(O[C@@H]4O[C@H](CO)[C@@H](O)[C@H](O)[C@H]4O[C@@H]4O[C@@H](C)[C@H](O)[C@@H](O)[C@H]4O)cc3oc2cc1O. The molecule has 2 aliphatic rings. The number of ether oxygens (including phenoxy) is 6. The third-order valence-electron chi connectivity index (χ3n) is 7.53. The summed E-state index contributed by atoms with van der Waals surface area (Å²) in [4.78, 5) is 13.3. The van der Waals surface area contributed by atoms with Crippen molar-refractivity contribution < 1.29 is 73.7 Å². The van der Waals surface area contributed by atoms with Crippen LogP contribution in [-0.4, -0.2) is 123 Å². The van der Waals surface area contributed by atoms with Crippen LogP contribution in [0.5, 0.6) is 28.7 Å². The molecule has 1 aromatic heterocycles. The minimum atomic E-state index is -1.81. The Morgan fingerprint density at radius 1 is 0.814 bits per heavy atom. The zero-order valence-electron chi connectivity index (χ0n) is 23.1. The Kier molecular flexibility index (Phi) is 8.59. The van der Waals surface area contributed by atoms with E-state index in [-0.39, 0.29) is 44.9 Å². The van der Waals surface area contributed by atoms with E-state index >= 15 is 0 Å². The molecule has 8 N–H and O–H groups in total. The van der Waals surface area contributed by atoms with Crippen LogP contribution in [0.25, 0.3) is 21.9 Å². The summed E-state index contributed by atoms with van der Waals surface area (Å²) < 4.78 is 38.8. The van der Waals surface area contributed by atoms with Crippen LogP contribution in [0.3, 0.4) is 0 Å². The summed E-state index contributed by atoms with van der Waals surface area (Å²) in [6, 6.07) is 3.55. The van der Waals surface area contributed by atoms with E-state index in [0.29, 0.717) is 0 Å². The third-order valence-corrected chi connectivity index (χ3v) is 7.53. The van der Waals surface area contributed by atoms with Crippen molar-refractivity contribution in [1.29, 1.82) is 0 Å². The number of phenolic OH excluding ortho intramolecular Hbond substituents is 2. The second-order valence-corrected chi connectivity index (χ2v) is 10.2. The zero-order valence-corrected chi connectivity index (χ0v) is 23.1. The van der Waals surface area contributed by atoms with Crippen molar-refractivity contribution in [3.8, 4) is 28.7 Å². The monoisotopic (exact) mass is 612 g/mol. The van der Waals surface area contributed by atoms with Crippen molar-refractivity contribution >= 4 is 21.9 Å². The lowest BCUT2D eigenvalue weighted by Crippen LogP contribution is -2.64. The van der Waals surface area contributed by atoms with E-state index in [4.69, 9.17) is 32.8 Å². The third kappa shape index (κ3) is 5.30. The molecule has 10 atom stereocenters. The highest BCUT2D eigenvalue weighted by Crippen LogP contribution is 2.44. The molecule has 0 bridgehead atoms. The molecule has 2 saturated heterocycles. The van der Waals surface area contributed by atoms with Gasteiger partial charge in [-0.3, -0.25) is 4.79 Å². The van der Waals surface area contributed by atoms with E-state index in [9.17, 15) is 45.6 Å². The predicted octanol–water partition coefficient (Wildman–Crippen LogP) is -1.59. The molecule has 2 aromatic carbocycles. The summed E-state index contributed by atoms with van der Waals surface area (Å²) in [6.45, 7) is 0.647. The second kappa shape index (κ2) is 11.9. The summed E-state index contributed by atoms with van der Waals surface area (Å²) in [5.41, 5.74) is -0.956. The quantitative estimate of drug-likeness (QED) is 0.140. The smallest absolute Gasteiger partial charge is 0.229 e. The fraction of sp³-hybridized carbons (Fsp3) is 0.519. The average molecular weight is 613 g/mol. The Hall–Kier alpha value is -3.45. The van der Waals surface area contributed by atoms with Crippen LogP contribution in [0, 0.1) is 0 Å². The van der Waals surface area contributed by atoms with E-state index in [0.717, 1.165) is 12.1 Å². The summed E-state index contributed by atoms with van der Waals surface area (Å²) in [7, 11) is 2.46. The average Bonchev–Trinajstić information content (AvgIpc) is 2.97. The molecular formula is C27H32O16. The van der Waals surface area contributed by atoms with Crippen molar-refractivity contribution in [2.24, 2.45) is 0 Å². The normalized spacial score (nSPS) is 33.0. The van der Waals surface area contributed by atoms with Crippen molar-refractivity contribution in [2.75, 3.05) is 20.8 Å². The molecule has 16 nitrogen and oxygen atoms in total. The standard InChI is InChI=1S/C27H32O16/c1-8-17(30)21(34)23(36)26(39-8)43-25-22(35)19(32)15(7-28)42-27(25)41-14-6-13-16(20(33)24(14)38-3)18(31)9-4-12(37-2)10(29)5-11(9)40-13/h4-6,8,15,17,19,21-23,25-30,32-36H,7H2,1-3H3/t8-,15+,17-,19+,21+,22-,23+,25+,26-,27+/m0/s1. The summed E-state index contributed by atoms with van der Waals surface area (Å²) in [5, 5.41) is 82.7. The molecule has 3 heterocycles. The Bertz CT molecular complexity index is 1540. The second-order valence-electron chi connectivity index (χ2n) is 10.2. The van der Waals surface area contributed by atoms with Crippen LogP contribution >= 0.6 is 0 Å². The Morgan fingerprint density at radius 3 is 2.19 bits per heavy atom. The molecule has 0 aliphatic carbocycles. The Balaban J connectivity index is 1.57. The molecule has 2 aliphatic heterocycles. The van der Waals surface area contributed by atoms with Crippen molar-refractivity contribution in [3.05, 3.63) is 28.4 Å². The number of aliphatic hydroxyl groups excluding tert-OH is 6. The van der Waals surface area contributed by atoms with Gasteiger partial charge < -0.3 is 73.7 Å². The number of hydrogen-bond acceptors (Lipinski definition) is 16. The minimum absolute atomic E-state index is 0.00582. The van der Waals surface area contributed by atoms with Crippen LogP contribution in [0.1, 0.15) is 6.92 Å². The maximum atomic E-state index is 13.3. The van der Waals surface area contributed by atoms with Gasteiger partial charge in [0.25, 0.3) is 0 Å². The summed E-state index contributed by atoms with van der Waals surface area (Å²) in [5.74, 6) is -1.69. The van der Waals surface area contributed by atoms with Gasteiger partial charge in [0.15, 0.2) is 35.4 Å². The van der Waals surface area contributed by atoms with Crippen LogP contribution in [-0.2, 0) is 14.2 Å². The van der Waals surface area contributed by atoms with E-state index < -0.39 is 79.2 Å². The largest absolute Gasteiger partial charge is 0.504 e. The highest BCUT2D eigenvalue weighted by Gasteiger charge is 2.51. The Labute approximate surface area is 242 Å². The number of hydrogen-bond donors (Lipinski definition) is 8. The van der Waals surface area contributed by atoms with Gasteiger partial charge in [0.1, 0.15) is 53.2 Å². The van der Waals surface area contributed by atoms with E-state index in [1.165, 1.54) is 27.2 Å². The van der Waals surface area contributed by atoms with E-state index in [2.05, 4.69) is 0 Å². The molecule has 0 saturated carbocycles. The van der Waals surface area contributed by atoms with Crippen LogP contribution < -0.4 is 19.6 Å². The molecule has 16 heteroatoms. The number of benzene rings is 2. The van der Waals surface area contributed by atoms with Gasteiger partial charge in [-0.15, -0.1) is 0 Å². The van der Waals surface area contributed by atoms with Gasteiger partial charge in [0, 0.05) is 12.1 Å². The summed E-state index contributed by atoms with van der Waals surface area (Å²) in [6.07, 6.45) is -15.8. The number of rotatable bonds is 7. The molecule has 43 heavy (non-hydrogen) atoms. The van der Waals surface area contributed by atoms with Gasteiger partial charge in [-0.25, -0.2) is 0 Å². The first-order valence-corrected chi connectivity index (χ1v) is 13.1. The molecule has 5 rings (SSSR count). The van der Waals surface area contributed by atoms with Crippen LogP contribution in [0.2, 0.25) is 0 Å². The highest BCUT2D eigenvalue weighted by atomic mass is 16.8. The maximum Gasteiger partial charge on any atom is 0.229 e. The topological polar surface area (TPSA) is 247 Å². The molecule has 3 aromatic rings. The van der Waals surface area contributed by atoms with Crippen molar-refractivity contribution in [3.63, 3.8) is 0 Å². The first-order valence-electron chi connectivity index (χ1n) is 13.1. The van der Waals surface area contributed by atoms with Gasteiger partial charge >= 0.3 is 0 Å². The zero-order chi connectivity index (χ0) is 31.3. The van der Waals surface area contributed by atoms with Gasteiger partial charge in [0.2, 0.25) is 17.5 Å². The lowest BCUT2D eigenvalue weighted by Gasteiger charge is -2.45. The maximum absolute atomic E-state index is 13.3. The lowest BCUT2D eigenvalue weighted by molar-refractivity contribution is -0.354. The number of aromatic hydroxyl groups is 2. The van der Waals surface area contributed by atoms with Crippen molar-refractivity contribution in [1.82, 2.24) is 0 Å². The number of aliphatic hydroxyl groups is 6. The van der Waals surface area contributed by atoms with Crippen LogP contribution in [0.15, 0.2) is 27.4 Å². The van der Waals surface area contributed by atoms with E-state index in [1.54, 1.807) is 0 Å². The molecular weight excluding hydrogens is 580 g/mol. The van der Waals surface area contributed by atoms with Crippen molar-refractivity contribution in [2.45, 2.75) is 68.3 Å². The number of fused-ring (bicyclic) bond motifs is 2. The molecule has 2 fully saturated rings. The molecule has 0 amide bonds. The molecule has 236 valence electrons. The Morgan fingerprint density at radius 2 is 1.53 bits per heavy atom. The number of methoxy groups -OCH3 is 2. The minimum Gasteiger partial charge on any atom is -0.504 e. The number of phenols is 2. The van der Waals surface area contributed by atoms with Gasteiger partial charge in [0.05, 0.1) is 32.3 Å². The highest BCUT2D eigenvalue weighted by molar-refractivity contribution is 5.96. The predicted molar refractivity (Wildman–Crippen MR) is 142 cm³/mol.